The summed E-state index contributed by atoms with van der Waals surface area (Å²) in [5.74, 6) is 1.69. The number of rotatable bonds is 4. The first-order valence-corrected chi connectivity index (χ1v) is 11.2. The highest BCUT2D eigenvalue weighted by Gasteiger charge is 2.46. The van der Waals surface area contributed by atoms with Gasteiger partial charge in [-0.1, -0.05) is 36.4 Å². The van der Waals surface area contributed by atoms with E-state index in [1.807, 2.05) is 76.2 Å². The van der Waals surface area contributed by atoms with E-state index in [-0.39, 0.29) is 16.7 Å². The molecular weight excluding hydrogens is 396 g/mol. The number of carbonyl (C=O) groups is 2. The molecule has 0 bridgehead atoms. The van der Waals surface area contributed by atoms with Crippen LogP contribution in [0, 0.1) is 0 Å². The Morgan fingerprint density at radius 2 is 1.80 bits per heavy atom. The summed E-state index contributed by atoms with van der Waals surface area (Å²) in [5, 5.41) is 0. The average Bonchev–Trinajstić information content (AvgIpc) is 3.21. The average molecular weight is 423 g/mol. The van der Waals surface area contributed by atoms with Crippen LogP contribution >= 0.6 is 11.8 Å². The van der Waals surface area contributed by atoms with E-state index in [1.165, 1.54) is 0 Å². The van der Waals surface area contributed by atoms with Crippen LogP contribution in [0.25, 0.3) is 6.08 Å². The van der Waals surface area contributed by atoms with Crippen LogP contribution in [0.15, 0.2) is 60.7 Å². The van der Waals surface area contributed by atoms with Crippen LogP contribution in [0.2, 0.25) is 0 Å². The van der Waals surface area contributed by atoms with Gasteiger partial charge in [-0.05, 0) is 42.7 Å². The van der Waals surface area contributed by atoms with Gasteiger partial charge in [0.05, 0.1) is 12.0 Å². The number of hydrogen-bond donors (Lipinski definition) is 0. The third-order valence-corrected chi connectivity index (χ3v) is 7.37. The zero-order valence-electron chi connectivity index (χ0n) is 17.1. The molecule has 2 heterocycles. The summed E-state index contributed by atoms with van der Waals surface area (Å²) in [6, 6.07) is 17.2. The second-order valence-electron chi connectivity index (χ2n) is 7.55. The second kappa shape index (κ2) is 8.96. The Morgan fingerprint density at radius 1 is 1.03 bits per heavy atom. The lowest BCUT2D eigenvalue weighted by atomic mass is 10.0. The molecule has 0 radical (unpaired) electrons. The van der Waals surface area contributed by atoms with Crippen molar-refractivity contribution in [2.75, 3.05) is 32.5 Å². The van der Waals surface area contributed by atoms with Crippen molar-refractivity contribution in [2.45, 2.75) is 17.7 Å². The number of hydrogen-bond acceptors (Lipinski definition) is 4. The molecule has 0 aromatic heterocycles. The van der Waals surface area contributed by atoms with Gasteiger partial charge in [0, 0.05) is 37.0 Å². The third-order valence-electron chi connectivity index (χ3n) is 5.81. The molecular formula is C24H26N2O3S. The standard InChI is InChI=1S/C24H26N2O3S/c1-29-21-9-5-8-20(18-21)23(28)26-16-17-30-24(26)12-14-25(15-13-24)22(27)11-10-19-6-3-2-4-7-19/h2-11,18H,12-17H2,1H3. The highest BCUT2D eigenvalue weighted by atomic mass is 32.2. The predicted molar refractivity (Wildman–Crippen MR) is 121 cm³/mol. The zero-order valence-corrected chi connectivity index (χ0v) is 17.9. The molecule has 2 aromatic carbocycles. The first-order chi connectivity index (χ1) is 14.6. The molecule has 2 aliphatic rings. The number of likely N-dealkylation sites (tertiary alicyclic amines) is 1. The molecule has 0 unspecified atom stereocenters. The van der Waals surface area contributed by atoms with Gasteiger partial charge in [-0.2, -0.15) is 0 Å². The molecule has 2 aliphatic heterocycles. The lowest BCUT2D eigenvalue weighted by Gasteiger charge is -2.44. The normalized spacial score (nSPS) is 18.2. The van der Waals surface area contributed by atoms with Crippen LogP contribution < -0.4 is 4.74 Å². The molecule has 2 fully saturated rings. The fourth-order valence-corrected chi connectivity index (χ4v) is 5.59. The lowest BCUT2D eigenvalue weighted by molar-refractivity contribution is -0.127. The van der Waals surface area contributed by atoms with E-state index >= 15 is 0 Å². The van der Waals surface area contributed by atoms with E-state index < -0.39 is 0 Å². The van der Waals surface area contributed by atoms with Crippen LogP contribution in [0.3, 0.4) is 0 Å². The van der Waals surface area contributed by atoms with E-state index in [9.17, 15) is 9.59 Å². The van der Waals surface area contributed by atoms with Crippen molar-refractivity contribution in [3.8, 4) is 5.75 Å². The molecule has 6 heteroatoms. The number of piperidine rings is 1. The van der Waals surface area contributed by atoms with E-state index in [1.54, 1.807) is 19.3 Å². The van der Waals surface area contributed by atoms with Crippen molar-refractivity contribution >= 4 is 29.7 Å². The topological polar surface area (TPSA) is 49.9 Å². The molecule has 4 rings (SSSR count). The maximum atomic E-state index is 13.2. The SMILES string of the molecule is COc1cccc(C(=O)N2CCSC23CCN(C(=O)C=Cc2ccccc2)CC3)c1. The Labute approximate surface area is 181 Å². The van der Waals surface area contributed by atoms with Crippen molar-refractivity contribution in [3.63, 3.8) is 0 Å². The van der Waals surface area contributed by atoms with Crippen molar-refractivity contribution in [2.24, 2.45) is 0 Å². The van der Waals surface area contributed by atoms with Crippen molar-refractivity contribution in [3.05, 3.63) is 71.8 Å². The molecule has 0 atom stereocenters. The Hall–Kier alpha value is -2.73. The maximum Gasteiger partial charge on any atom is 0.255 e. The van der Waals surface area contributed by atoms with Crippen molar-refractivity contribution < 1.29 is 14.3 Å². The number of ether oxygens (including phenoxy) is 1. The zero-order chi connectivity index (χ0) is 21.0. The monoisotopic (exact) mass is 422 g/mol. The minimum absolute atomic E-state index is 0.0300. The minimum Gasteiger partial charge on any atom is -0.497 e. The van der Waals surface area contributed by atoms with Gasteiger partial charge in [0.25, 0.3) is 5.91 Å². The first kappa shape index (κ1) is 20.5. The summed E-state index contributed by atoms with van der Waals surface area (Å²) < 4.78 is 5.27. The molecule has 0 saturated carbocycles. The third kappa shape index (κ3) is 4.24. The van der Waals surface area contributed by atoms with Gasteiger partial charge >= 0.3 is 0 Å². The van der Waals surface area contributed by atoms with Crippen LogP contribution in [-0.4, -0.2) is 59.0 Å². The summed E-state index contributed by atoms with van der Waals surface area (Å²) in [5.41, 5.74) is 1.67. The van der Waals surface area contributed by atoms with E-state index in [2.05, 4.69) is 0 Å². The number of thioether (sulfide) groups is 1. The van der Waals surface area contributed by atoms with Gasteiger partial charge in [0.15, 0.2) is 0 Å². The predicted octanol–water partition coefficient (Wildman–Crippen LogP) is 3.92. The lowest BCUT2D eigenvalue weighted by Crippen LogP contribution is -2.53. The van der Waals surface area contributed by atoms with Gasteiger partial charge < -0.3 is 14.5 Å². The minimum atomic E-state index is -0.222. The van der Waals surface area contributed by atoms with E-state index in [0.717, 1.165) is 30.7 Å². The molecule has 1 spiro atoms. The molecule has 2 saturated heterocycles. The summed E-state index contributed by atoms with van der Waals surface area (Å²) in [6.07, 6.45) is 5.08. The fourth-order valence-electron chi connectivity index (χ4n) is 4.13. The van der Waals surface area contributed by atoms with Crippen LogP contribution in [-0.2, 0) is 4.79 Å². The number of nitrogens with zero attached hydrogens (tertiary/aromatic N) is 2. The Balaban J connectivity index is 1.41. The van der Waals surface area contributed by atoms with E-state index in [4.69, 9.17) is 4.74 Å². The largest absolute Gasteiger partial charge is 0.497 e. The molecule has 156 valence electrons. The summed E-state index contributed by atoms with van der Waals surface area (Å²) in [6.45, 7) is 2.06. The number of benzene rings is 2. The molecule has 5 nitrogen and oxygen atoms in total. The Kier molecular flexibility index (Phi) is 6.13. The van der Waals surface area contributed by atoms with Crippen LogP contribution in [0.1, 0.15) is 28.8 Å². The van der Waals surface area contributed by atoms with Crippen LogP contribution in [0.4, 0.5) is 0 Å². The number of amides is 2. The Morgan fingerprint density at radius 3 is 2.53 bits per heavy atom. The first-order valence-electron chi connectivity index (χ1n) is 10.2. The highest BCUT2D eigenvalue weighted by Crippen LogP contribution is 2.44. The van der Waals surface area contributed by atoms with Gasteiger partial charge in [-0.25, -0.2) is 0 Å². The molecule has 2 aromatic rings. The molecule has 0 aliphatic carbocycles. The molecule has 0 N–H and O–H groups in total. The quantitative estimate of drug-likeness (QED) is 0.701. The van der Waals surface area contributed by atoms with Gasteiger partial charge in [-0.15, -0.1) is 11.8 Å². The maximum absolute atomic E-state index is 13.2. The number of carbonyl (C=O) groups excluding carboxylic acids is 2. The van der Waals surface area contributed by atoms with E-state index in [0.29, 0.717) is 24.4 Å². The summed E-state index contributed by atoms with van der Waals surface area (Å²) >= 11 is 1.85. The van der Waals surface area contributed by atoms with Gasteiger partial charge in [0.1, 0.15) is 5.75 Å². The summed E-state index contributed by atoms with van der Waals surface area (Å²) in [4.78, 5) is 29.5. The smallest absolute Gasteiger partial charge is 0.255 e. The Bertz CT molecular complexity index is 936. The molecule has 30 heavy (non-hydrogen) atoms. The second-order valence-corrected chi connectivity index (χ2v) is 9.01. The van der Waals surface area contributed by atoms with Crippen molar-refractivity contribution in [1.82, 2.24) is 9.80 Å². The van der Waals surface area contributed by atoms with Crippen molar-refractivity contribution in [1.29, 1.82) is 0 Å². The van der Waals surface area contributed by atoms with Crippen LogP contribution in [0.5, 0.6) is 5.75 Å². The fraction of sp³-hybridized carbons (Fsp3) is 0.333. The highest BCUT2D eigenvalue weighted by molar-refractivity contribution is 8.00. The summed E-state index contributed by atoms with van der Waals surface area (Å²) in [7, 11) is 1.61. The molecule has 2 amide bonds. The van der Waals surface area contributed by atoms with Gasteiger partial charge in [0.2, 0.25) is 5.91 Å². The number of methoxy groups -OCH3 is 1. The van der Waals surface area contributed by atoms with Gasteiger partial charge in [-0.3, -0.25) is 9.59 Å².